The number of halogens is 1. The van der Waals surface area contributed by atoms with Gasteiger partial charge in [0.15, 0.2) is 0 Å². The Morgan fingerprint density at radius 2 is 2.11 bits per heavy atom. The van der Waals surface area contributed by atoms with Crippen LogP contribution in [0.4, 0.5) is 0 Å². The van der Waals surface area contributed by atoms with Crippen LogP contribution in [0.3, 0.4) is 0 Å². The number of H-pyrrole nitrogens is 1. The van der Waals surface area contributed by atoms with E-state index in [0.717, 1.165) is 20.8 Å². The van der Waals surface area contributed by atoms with Gasteiger partial charge < -0.3 is 14.6 Å². The van der Waals surface area contributed by atoms with Crippen molar-refractivity contribution in [2.24, 2.45) is 0 Å². The predicted octanol–water partition coefficient (Wildman–Crippen LogP) is 3.85. The molecule has 0 bridgehead atoms. The van der Waals surface area contributed by atoms with Crippen LogP contribution in [0.25, 0.3) is 10.2 Å². The first-order valence-electron chi connectivity index (χ1n) is 8.85. The third-order valence-electron chi connectivity index (χ3n) is 4.74. The number of fused-ring (bicyclic) bond motifs is 1. The van der Waals surface area contributed by atoms with E-state index < -0.39 is 0 Å². The first kappa shape index (κ1) is 20.4. The number of carbonyl (C=O) groups excluding carboxylic acids is 1. The predicted molar refractivity (Wildman–Crippen MR) is 113 cm³/mol. The minimum Gasteiger partial charge on any atom is -0.496 e. The number of nitrogens with zero attached hydrogens (tertiary/aromatic N) is 2. The standard InChI is InChI=1S/C20H22ClN3O3S/c1-11-12(2)28-20-18(11)19(26)22-16(23-20)7-8-17(25)24(3)10-13-9-14(21)5-6-15(13)27-4/h5-6,9H,7-8,10H2,1-4H3,(H,22,23,26). The van der Waals surface area contributed by atoms with Crippen LogP contribution in [0.2, 0.25) is 5.02 Å². The Kier molecular flexibility index (Phi) is 6.05. The van der Waals surface area contributed by atoms with Crippen molar-refractivity contribution in [2.75, 3.05) is 14.2 Å². The molecule has 0 aliphatic heterocycles. The second kappa shape index (κ2) is 8.32. The summed E-state index contributed by atoms with van der Waals surface area (Å²) in [5.74, 6) is 1.16. The zero-order valence-corrected chi connectivity index (χ0v) is 17.8. The fraction of sp³-hybridized carbons (Fsp3) is 0.350. The maximum atomic E-state index is 12.5. The second-order valence-electron chi connectivity index (χ2n) is 6.68. The topological polar surface area (TPSA) is 75.3 Å². The number of aromatic amines is 1. The van der Waals surface area contributed by atoms with Crippen LogP contribution in [0.15, 0.2) is 23.0 Å². The van der Waals surface area contributed by atoms with Crippen LogP contribution in [0, 0.1) is 13.8 Å². The number of hydrogen-bond donors (Lipinski definition) is 1. The number of hydrogen-bond acceptors (Lipinski definition) is 5. The van der Waals surface area contributed by atoms with E-state index in [0.29, 0.717) is 34.9 Å². The van der Waals surface area contributed by atoms with Gasteiger partial charge in [-0.15, -0.1) is 11.3 Å². The van der Waals surface area contributed by atoms with E-state index in [1.807, 2.05) is 13.8 Å². The molecule has 0 spiro atoms. The van der Waals surface area contributed by atoms with Crippen molar-refractivity contribution in [1.29, 1.82) is 0 Å². The maximum absolute atomic E-state index is 12.5. The highest BCUT2D eigenvalue weighted by atomic mass is 35.5. The number of aromatic nitrogens is 2. The number of ether oxygens (including phenoxy) is 1. The lowest BCUT2D eigenvalue weighted by atomic mass is 10.1. The average Bonchev–Trinajstić information content (AvgIpc) is 2.94. The number of methoxy groups -OCH3 is 1. The Balaban J connectivity index is 1.69. The molecular weight excluding hydrogens is 398 g/mol. The van der Waals surface area contributed by atoms with Crippen LogP contribution < -0.4 is 10.3 Å². The van der Waals surface area contributed by atoms with Gasteiger partial charge in [0.1, 0.15) is 16.4 Å². The Labute approximate surface area is 172 Å². The van der Waals surface area contributed by atoms with E-state index in [1.54, 1.807) is 37.3 Å². The SMILES string of the molecule is COc1ccc(Cl)cc1CN(C)C(=O)CCc1nc2sc(C)c(C)c2c(=O)[nH]1. The number of nitrogens with one attached hydrogen (secondary N) is 1. The maximum Gasteiger partial charge on any atom is 0.259 e. The summed E-state index contributed by atoms with van der Waals surface area (Å²) < 4.78 is 5.33. The Morgan fingerprint density at radius 3 is 2.82 bits per heavy atom. The summed E-state index contributed by atoms with van der Waals surface area (Å²) in [5.41, 5.74) is 1.65. The molecule has 28 heavy (non-hydrogen) atoms. The Bertz CT molecular complexity index is 1090. The fourth-order valence-electron chi connectivity index (χ4n) is 3.05. The van der Waals surface area contributed by atoms with Gasteiger partial charge in [0, 0.05) is 41.9 Å². The molecule has 0 saturated carbocycles. The molecule has 0 saturated heterocycles. The van der Waals surface area contributed by atoms with E-state index in [-0.39, 0.29) is 17.9 Å². The molecule has 1 aromatic carbocycles. The highest BCUT2D eigenvalue weighted by Crippen LogP contribution is 2.26. The molecule has 0 radical (unpaired) electrons. The summed E-state index contributed by atoms with van der Waals surface area (Å²) >= 11 is 7.56. The van der Waals surface area contributed by atoms with Gasteiger partial charge in [0.25, 0.3) is 5.56 Å². The zero-order valence-electron chi connectivity index (χ0n) is 16.3. The molecule has 0 atom stereocenters. The van der Waals surface area contributed by atoms with Crippen molar-refractivity contribution in [1.82, 2.24) is 14.9 Å². The molecule has 3 aromatic rings. The third-order valence-corrected chi connectivity index (χ3v) is 6.08. The van der Waals surface area contributed by atoms with E-state index in [1.165, 1.54) is 11.3 Å². The van der Waals surface area contributed by atoms with Crippen molar-refractivity contribution in [3.05, 3.63) is 55.4 Å². The summed E-state index contributed by atoms with van der Waals surface area (Å²) in [6.45, 7) is 4.28. The largest absolute Gasteiger partial charge is 0.496 e. The molecule has 0 aliphatic carbocycles. The first-order chi connectivity index (χ1) is 13.3. The first-order valence-corrected chi connectivity index (χ1v) is 10.0. The highest BCUT2D eigenvalue weighted by molar-refractivity contribution is 7.18. The van der Waals surface area contributed by atoms with Gasteiger partial charge in [-0.25, -0.2) is 4.98 Å². The molecule has 1 N–H and O–H groups in total. The summed E-state index contributed by atoms with van der Waals surface area (Å²) in [7, 11) is 3.31. The Morgan fingerprint density at radius 1 is 1.36 bits per heavy atom. The molecule has 3 rings (SSSR count). The molecule has 2 aromatic heterocycles. The normalized spacial score (nSPS) is 11.0. The average molecular weight is 420 g/mol. The smallest absolute Gasteiger partial charge is 0.259 e. The van der Waals surface area contributed by atoms with Crippen molar-refractivity contribution in [3.63, 3.8) is 0 Å². The molecule has 0 aliphatic rings. The van der Waals surface area contributed by atoms with Gasteiger partial charge in [-0.3, -0.25) is 9.59 Å². The van der Waals surface area contributed by atoms with Gasteiger partial charge in [0.2, 0.25) is 5.91 Å². The fourth-order valence-corrected chi connectivity index (χ4v) is 4.29. The number of rotatable bonds is 6. The molecule has 8 heteroatoms. The minimum atomic E-state index is -0.147. The highest BCUT2D eigenvalue weighted by Gasteiger charge is 2.15. The number of thiophene rings is 1. The van der Waals surface area contributed by atoms with Gasteiger partial charge in [-0.2, -0.15) is 0 Å². The monoisotopic (exact) mass is 419 g/mol. The van der Waals surface area contributed by atoms with Crippen LogP contribution in [0.1, 0.15) is 28.2 Å². The second-order valence-corrected chi connectivity index (χ2v) is 8.32. The summed E-state index contributed by atoms with van der Waals surface area (Å²) in [4.78, 5) is 35.6. The number of benzene rings is 1. The lowest BCUT2D eigenvalue weighted by Gasteiger charge is -2.19. The molecule has 0 fully saturated rings. The summed E-state index contributed by atoms with van der Waals surface area (Å²) in [6.07, 6.45) is 0.619. The van der Waals surface area contributed by atoms with E-state index >= 15 is 0 Å². The van der Waals surface area contributed by atoms with Crippen LogP contribution in [-0.2, 0) is 17.8 Å². The molecule has 2 heterocycles. The summed E-state index contributed by atoms with van der Waals surface area (Å²) in [6, 6.07) is 5.32. The Hall–Kier alpha value is -2.38. The van der Waals surface area contributed by atoms with E-state index in [4.69, 9.17) is 16.3 Å². The van der Waals surface area contributed by atoms with Crippen molar-refractivity contribution < 1.29 is 9.53 Å². The molecule has 0 unspecified atom stereocenters. The van der Waals surface area contributed by atoms with Gasteiger partial charge in [0.05, 0.1) is 12.5 Å². The molecular formula is C20H22ClN3O3S. The van der Waals surface area contributed by atoms with Crippen LogP contribution in [0.5, 0.6) is 5.75 Å². The third kappa shape index (κ3) is 4.20. The van der Waals surface area contributed by atoms with Crippen molar-refractivity contribution in [2.45, 2.75) is 33.2 Å². The number of aryl methyl sites for hydroxylation is 3. The molecule has 6 nitrogen and oxygen atoms in total. The van der Waals surface area contributed by atoms with E-state index in [9.17, 15) is 9.59 Å². The molecule has 148 valence electrons. The number of amides is 1. The quantitative estimate of drug-likeness (QED) is 0.658. The lowest BCUT2D eigenvalue weighted by molar-refractivity contribution is -0.130. The van der Waals surface area contributed by atoms with Crippen LogP contribution in [-0.4, -0.2) is 34.9 Å². The van der Waals surface area contributed by atoms with Gasteiger partial charge >= 0.3 is 0 Å². The van der Waals surface area contributed by atoms with Gasteiger partial charge in [-0.1, -0.05) is 11.6 Å². The van der Waals surface area contributed by atoms with Crippen molar-refractivity contribution in [3.8, 4) is 5.75 Å². The number of carbonyl (C=O) groups is 1. The minimum absolute atomic E-state index is 0.0525. The molecule has 1 amide bonds. The van der Waals surface area contributed by atoms with Crippen molar-refractivity contribution >= 4 is 39.1 Å². The summed E-state index contributed by atoms with van der Waals surface area (Å²) in [5, 5.41) is 1.23. The van der Waals surface area contributed by atoms with Crippen LogP contribution >= 0.6 is 22.9 Å². The van der Waals surface area contributed by atoms with E-state index in [2.05, 4.69) is 9.97 Å². The lowest BCUT2D eigenvalue weighted by Crippen LogP contribution is -2.27. The zero-order chi connectivity index (χ0) is 20.4. The van der Waals surface area contributed by atoms with Gasteiger partial charge in [-0.05, 0) is 37.6 Å².